The number of anilines is 2. The molecule has 2 N–H and O–H groups in total. The van der Waals surface area contributed by atoms with E-state index < -0.39 is 0 Å². The second kappa shape index (κ2) is 9.48. The second-order valence-electron chi connectivity index (χ2n) is 8.28. The number of aryl methyl sites for hydroxylation is 2. The maximum Gasteiger partial charge on any atom is 0.255 e. The first-order valence-corrected chi connectivity index (χ1v) is 12.9. The summed E-state index contributed by atoms with van der Waals surface area (Å²) >= 11 is 3.21. The van der Waals surface area contributed by atoms with Gasteiger partial charge in [-0.15, -0.1) is 16.4 Å². The van der Waals surface area contributed by atoms with Crippen LogP contribution in [0.15, 0.2) is 82.5 Å². The SMILES string of the molecule is CC1=C(C(=O)Nc2ccccc2)C(c2cccs2)n2nc(SCc3cc(C)ccc3C)nc2N1. The van der Waals surface area contributed by atoms with E-state index in [1.807, 2.05) is 59.5 Å². The largest absolute Gasteiger partial charge is 0.328 e. The van der Waals surface area contributed by atoms with Crippen molar-refractivity contribution in [2.24, 2.45) is 0 Å². The molecular formula is C26H25N5OS2. The van der Waals surface area contributed by atoms with Gasteiger partial charge in [0.15, 0.2) is 0 Å². The number of benzene rings is 2. The number of aromatic nitrogens is 3. The first-order valence-electron chi connectivity index (χ1n) is 11.0. The minimum Gasteiger partial charge on any atom is -0.328 e. The van der Waals surface area contributed by atoms with Crippen molar-refractivity contribution < 1.29 is 4.79 Å². The molecule has 0 saturated carbocycles. The molecule has 1 aliphatic heterocycles. The fourth-order valence-corrected chi connectivity index (χ4v) is 5.72. The van der Waals surface area contributed by atoms with Crippen LogP contribution < -0.4 is 10.6 Å². The molecule has 0 aliphatic carbocycles. The number of rotatable bonds is 6. The molecule has 8 heteroatoms. The maximum atomic E-state index is 13.4. The molecule has 1 amide bonds. The molecule has 4 aromatic rings. The van der Waals surface area contributed by atoms with Crippen molar-refractivity contribution in [2.75, 3.05) is 10.6 Å². The summed E-state index contributed by atoms with van der Waals surface area (Å²) < 4.78 is 1.84. The van der Waals surface area contributed by atoms with E-state index in [9.17, 15) is 4.79 Å². The maximum absolute atomic E-state index is 13.4. The van der Waals surface area contributed by atoms with Crippen LogP contribution in [0.1, 0.15) is 34.5 Å². The molecule has 6 nitrogen and oxygen atoms in total. The van der Waals surface area contributed by atoms with Crippen LogP contribution in [-0.2, 0) is 10.5 Å². The van der Waals surface area contributed by atoms with Crippen LogP contribution in [0.5, 0.6) is 0 Å². The number of carbonyl (C=O) groups is 1. The molecule has 34 heavy (non-hydrogen) atoms. The van der Waals surface area contributed by atoms with E-state index in [1.54, 1.807) is 23.1 Å². The third-order valence-electron chi connectivity index (χ3n) is 5.78. The molecule has 2 aromatic heterocycles. The molecule has 1 unspecified atom stereocenters. The quantitative estimate of drug-likeness (QED) is 0.318. The molecule has 0 fully saturated rings. The van der Waals surface area contributed by atoms with Crippen molar-refractivity contribution in [1.82, 2.24) is 14.8 Å². The monoisotopic (exact) mass is 487 g/mol. The van der Waals surface area contributed by atoms with Crippen molar-refractivity contribution in [3.05, 3.63) is 98.9 Å². The number of hydrogen-bond donors (Lipinski definition) is 2. The van der Waals surface area contributed by atoms with E-state index in [1.165, 1.54) is 16.7 Å². The normalized spacial score (nSPS) is 15.1. The van der Waals surface area contributed by atoms with Gasteiger partial charge in [0.1, 0.15) is 6.04 Å². The third kappa shape index (κ3) is 4.51. The van der Waals surface area contributed by atoms with Crippen LogP contribution in [0.4, 0.5) is 11.6 Å². The first kappa shape index (κ1) is 22.4. The summed E-state index contributed by atoms with van der Waals surface area (Å²) in [6.07, 6.45) is 0. The van der Waals surface area contributed by atoms with Crippen molar-refractivity contribution in [3.63, 3.8) is 0 Å². The van der Waals surface area contributed by atoms with Crippen LogP contribution in [0.2, 0.25) is 0 Å². The lowest BCUT2D eigenvalue weighted by Crippen LogP contribution is -2.31. The standard InChI is InChI=1S/C26H25N5OS2/c1-16-11-12-17(2)19(14-16)15-34-26-29-25-27-18(3)22(24(32)28-20-8-5-4-6-9-20)23(31(25)30-26)21-10-7-13-33-21/h4-14,23H,15H2,1-3H3,(H,28,32)(H,27,29,30). The summed E-state index contributed by atoms with van der Waals surface area (Å²) in [5, 5.41) is 13.9. The van der Waals surface area contributed by atoms with Crippen molar-refractivity contribution >= 4 is 40.6 Å². The predicted molar refractivity (Wildman–Crippen MR) is 139 cm³/mol. The Bertz CT molecular complexity index is 1360. The Labute approximate surface area is 207 Å². The summed E-state index contributed by atoms with van der Waals surface area (Å²) in [6.45, 7) is 6.15. The van der Waals surface area contributed by atoms with E-state index in [0.29, 0.717) is 16.7 Å². The molecule has 172 valence electrons. The smallest absolute Gasteiger partial charge is 0.255 e. The van der Waals surface area contributed by atoms with Crippen LogP contribution in [0.25, 0.3) is 0 Å². The van der Waals surface area contributed by atoms with Crippen LogP contribution in [0, 0.1) is 13.8 Å². The van der Waals surface area contributed by atoms with Gasteiger partial charge in [-0.05, 0) is 55.5 Å². The molecule has 0 radical (unpaired) electrons. The Morgan fingerprint density at radius 3 is 2.71 bits per heavy atom. The number of allylic oxidation sites excluding steroid dienone is 1. The minimum absolute atomic E-state index is 0.152. The van der Waals surface area contributed by atoms with Gasteiger partial charge in [0, 0.05) is 22.0 Å². The molecule has 0 saturated heterocycles. The highest BCUT2D eigenvalue weighted by molar-refractivity contribution is 7.98. The average Bonchev–Trinajstić information content (AvgIpc) is 3.49. The van der Waals surface area contributed by atoms with Gasteiger partial charge in [0.05, 0.1) is 5.57 Å². The highest BCUT2D eigenvalue weighted by atomic mass is 32.2. The molecule has 0 spiro atoms. The van der Waals surface area contributed by atoms with E-state index in [4.69, 9.17) is 10.1 Å². The molecule has 3 heterocycles. The zero-order valence-electron chi connectivity index (χ0n) is 19.2. The van der Waals surface area contributed by atoms with Gasteiger partial charge in [-0.1, -0.05) is 59.8 Å². The Morgan fingerprint density at radius 1 is 1.12 bits per heavy atom. The lowest BCUT2D eigenvalue weighted by atomic mass is 10.0. The van der Waals surface area contributed by atoms with Gasteiger partial charge in [0.2, 0.25) is 11.1 Å². The zero-order chi connectivity index (χ0) is 23.7. The van der Waals surface area contributed by atoms with Crippen molar-refractivity contribution in [3.8, 4) is 0 Å². The highest BCUT2D eigenvalue weighted by Gasteiger charge is 2.35. The van der Waals surface area contributed by atoms with Gasteiger partial charge in [-0.25, -0.2) is 4.68 Å². The van der Waals surface area contributed by atoms with Crippen LogP contribution >= 0.6 is 23.1 Å². The Balaban J connectivity index is 1.45. The van der Waals surface area contributed by atoms with Crippen LogP contribution in [-0.4, -0.2) is 20.7 Å². The fourth-order valence-electron chi connectivity index (χ4n) is 4.01. The summed E-state index contributed by atoms with van der Waals surface area (Å²) in [5.74, 6) is 1.28. The third-order valence-corrected chi connectivity index (χ3v) is 7.59. The summed E-state index contributed by atoms with van der Waals surface area (Å²) in [5.41, 5.74) is 5.94. The molecule has 5 rings (SSSR count). The Kier molecular flexibility index (Phi) is 6.26. The molecule has 1 atom stereocenters. The Morgan fingerprint density at radius 2 is 1.94 bits per heavy atom. The lowest BCUT2D eigenvalue weighted by Gasteiger charge is -2.27. The number of thioether (sulfide) groups is 1. The highest BCUT2D eigenvalue weighted by Crippen LogP contribution is 2.38. The first-order chi connectivity index (χ1) is 16.5. The summed E-state index contributed by atoms with van der Waals surface area (Å²) in [6, 6.07) is 19.7. The van der Waals surface area contributed by atoms with Gasteiger partial charge in [-0.2, -0.15) is 4.98 Å². The van der Waals surface area contributed by atoms with Gasteiger partial charge < -0.3 is 10.6 Å². The predicted octanol–water partition coefficient (Wildman–Crippen LogP) is 6.18. The number of nitrogens with zero attached hydrogens (tertiary/aromatic N) is 3. The Hall–Kier alpha value is -3.36. The molecule has 1 aliphatic rings. The van der Waals surface area contributed by atoms with Gasteiger partial charge in [-0.3, -0.25) is 4.79 Å². The van der Waals surface area contributed by atoms with Crippen molar-refractivity contribution in [2.45, 2.75) is 37.7 Å². The number of carbonyl (C=O) groups excluding carboxylic acids is 1. The number of amides is 1. The number of nitrogens with one attached hydrogen (secondary N) is 2. The average molecular weight is 488 g/mol. The van der Waals surface area contributed by atoms with Crippen molar-refractivity contribution in [1.29, 1.82) is 0 Å². The van der Waals surface area contributed by atoms with Crippen LogP contribution in [0.3, 0.4) is 0 Å². The van der Waals surface area contributed by atoms with E-state index in [2.05, 4.69) is 42.7 Å². The van der Waals surface area contributed by atoms with Gasteiger partial charge >= 0.3 is 0 Å². The minimum atomic E-state index is -0.345. The lowest BCUT2D eigenvalue weighted by molar-refractivity contribution is -0.113. The fraction of sp³-hybridized carbons (Fsp3) is 0.192. The molecule has 2 aromatic carbocycles. The number of thiophene rings is 1. The number of para-hydroxylation sites is 1. The topological polar surface area (TPSA) is 71.8 Å². The van der Waals surface area contributed by atoms with E-state index in [0.717, 1.165) is 22.0 Å². The molecular weight excluding hydrogens is 462 g/mol. The molecule has 0 bridgehead atoms. The second-order valence-corrected chi connectivity index (χ2v) is 10.2. The van der Waals surface area contributed by atoms with Gasteiger partial charge in [0.25, 0.3) is 5.91 Å². The summed E-state index contributed by atoms with van der Waals surface area (Å²) in [4.78, 5) is 19.2. The van der Waals surface area contributed by atoms with E-state index in [-0.39, 0.29) is 11.9 Å². The zero-order valence-corrected chi connectivity index (χ0v) is 20.8. The van der Waals surface area contributed by atoms with E-state index >= 15 is 0 Å². The number of fused-ring (bicyclic) bond motifs is 1. The number of hydrogen-bond acceptors (Lipinski definition) is 6. The summed E-state index contributed by atoms with van der Waals surface area (Å²) in [7, 11) is 0.